The van der Waals surface area contributed by atoms with E-state index >= 15 is 0 Å². The SMILES string of the molecule is O=C(O)/C=C/c1cccc(NC(=O)c2cccc(I)c2)c1. The van der Waals surface area contributed by atoms with Crippen LogP contribution in [0.2, 0.25) is 0 Å². The van der Waals surface area contributed by atoms with Gasteiger partial charge in [0.05, 0.1) is 0 Å². The van der Waals surface area contributed by atoms with Gasteiger partial charge in [-0.25, -0.2) is 4.79 Å². The van der Waals surface area contributed by atoms with Crippen LogP contribution < -0.4 is 5.32 Å². The molecule has 5 heteroatoms. The lowest BCUT2D eigenvalue weighted by Gasteiger charge is -2.06. The number of amides is 1. The summed E-state index contributed by atoms with van der Waals surface area (Å²) in [6.45, 7) is 0. The molecule has 0 radical (unpaired) electrons. The van der Waals surface area contributed by atoms with E-state index in [-0.39, 0.29) is 5.91 Å². The Kier molecular flexibility index (Phi) is 5.10. The molecule has 0 aromatic heterocycles. The predicted molar refractivity (Wildman–Crippen MR) is 90.2 cm³/mol. The minimum absolute atomic E-state index is 0.201. The fourth-order valence-electron chi connectivity index (χ4n) is 1.72. The second-order valence-electron chi connectivity index (χ2n) is 4.26. The highest BCUT2D eigenvalue weighted by atomic mass is 127. The Balaban J connectivity index is 2.14. The summed E-state index contributed by atoms with van der Waals surface area (Å²) >= 11 is 2.15. The Morgan fingerprint density at radius 1 is 1.10 bits per heavy atom. The number of carboxylic acid groups (broad SMARTS) is 1. The molecule has 0 unspecified atom stereocenters. The smallest absolute Gasteiger partial charge is 0.328 e. The summed E-state index contributed by atoms with van der Waals surface area (Å²) in [5, 5.41) is 11.4. The number of carbonyl (C=O) groups excluding carboxylic acids is 1. The Bertz CT molecular complexity index is 710. The fourth-order valence-corrected chi connectivity index (χ4v) is 2.26. The molecule has 0 bridgehead atoms. The van der Waals surface area contributed by atoms with Crippen LogP contribution in [-0.2, 0) is 4.79 Å². The molecular formula is C16H12INO3. The average molecular weight is 393 g/mol. The van der Waals surface area contributed by atoms with Gasteiger partial charge in [0, 0.05) is 20.9 Å². The molecule has 106 valence electrons. The lowest BCUT2D eigenvalue weighted by Crippen LogP contribution is -2.11. The predicted octanol–water partition coefficient (Wildman–Crippen LogP) is 3.64. The first-order valence-corrected chi connectivity index (χ1v) is 7.20. The van der Waals surface area contributed by atoms with Crippen molar-refractivity contribution in [1.82, 2.24) is 0 Å². The minimum atomic E-state index is -1.01. The van der Waals surface area contributed by atoms with Crippen molar-refractivity contribution in [3.8, 4) is 0 Å². The first kappa shape index (κ1) is 15.2. The maximum absolute atomic E-state index is 12.1. The highest BCUT2D eigenvalue weighted by Gasteiger charge is 2.06. The molecule has 4 nitrogen and oxygen atoms in total. The van der Waals surface area contributed by atoms with Gasteiger partial charge in [0.2, 0.25) is 0 Å². The van der Waals surface area contributed by atoms with Crippen LogP contribution in [0.4, 0.5) is 5.69 Å². The van der Waals surface area contributed by atoms with Crippen molar-refractivity contribution in [1.29, 1.82) is 0 Å². The van der Waals surface area contributed by atoms with E-state index in [4.69, 9.17) is 5.11 Å². The zero-order valence-electron chi connectivity index (χ0n) is 10.9. The van der Waals surface area contributed by atoms with Gasteiger partial charge in [0.15, 0.2) is 0 Å². The zero-order chi connectivity index (χ0) is 15.2. The van der Waals surface area contributed by atoms with Crippen molar-refractivity contribution < 1.29 is 14.7 Å². The average Bonchev–Trinajstić information content (AvgIpc) is 2.45. The summed E-state index contributed by atoms with van der Waals surface area (Å²) in [6.07, 6.45) is 2.53. The molecule has 0 atom stereocenters. The molecule has 0 fully saturated rings. The molecule has 1 amide bonds. The normalized spacial score (nSPS) is 10.5. The van der Waals surface area contributed by atoms with Crippen LogP contribution in [0.5, 0.6) is 0 Å². The summed E-state index contributed by atoms with van der Waals surface area (Å²) in [5.41, 5.74) is 1.90. The lowest BCUT2D eigenvalue weighted by molar-refractivity contribution is -0.131. The zero-order valence-corrected chi connectivity index (χ0v) is 13.1. The van der Waals surface area contributed by atoms with Gasteiger partial charge in [0.25, 0.3) is 5.91 Å². The molecule has 2 rings (SSSR count). The van der Waals surface area contributed by atoms with Gasteiger partial charge in [-0.2, -0.15) is 0 Å². The number of nitrogens with one attached hydrogen (secondary N) is 1. The maximum Gasteiger partial charge on any atom is 0.328 e. The van der Waals surface area contributed by atoms with Crippen LogP contribution in [-0.4, -0.2) is 17.0 Å². The van der Waals surface area contributed by atoms with Crippen LogP contribution >= 0.6 is 22.6 Å². The van der Waals surface area contributed by atoms with Gasteiger partial charge in [-0.05, 0) is 64.6 Å². The molecule has 0 aliphatic heterocycles. The van der Waals surface area contributed by atoms with Crippen LogP contribution in [0, 0.1) is 3.57 Å². The first-order valence-electron chi connectivity index (χ1n) is 6.12. The van der Waals surface area contributed by atoms with E-state index in [1.54, 1.807) is 36.4 Å². The van der Waals surface area contributed by atoms with Gasteiger partial charge in [-0.1, -0.05) is 18.2 Å². The number of halogens is 1. The summed E-state index contributed by atoms with van der Waals surface area (Å²) in [6, 6.07) is 14.3. The molecule has 0 spiro atoms. The van der Waals surface area contributed by atoms with Gasteiger partial charge in [-0.3, -0.25) is 4.79 Å². The molecule has 2 N–H and O–H groups in total. The van der Waals surface area contributed by atoms with E-state index in [0.717, 1.165) is 9.65 Å². The van der Waals surface area contributed by atoms with Gasteiger partial charge >= 0.3 is 5.97 Å². The minimum Gasteiger partial charge on any atom is -0.478 e. The van der Waals surface area contributed by atoms with E-state index in [9.17, 15) is 9.59 Å². The number of anilines is 1. The van der Waals surface area contributed by atoms with Crippen LogP contribution in [0.3, 0.4) is 0 Å². The Hall–Kier alpha value is -2.15. The molecule has 0 saturated carbocycles. The molecule has 0 aliphatic rings. The summed E-state index contributed by atoms with van der Waals surface area (Å²) in [7, 11) is 0. The third kappa shape index (κ3) is 4.71. The number of hydrogen-bond acceptors (Lipinski definition) is 2. The van der Waals surface area contributed by atoms with Crippen molar-refractivity contribution in [3.63, 3.8) is 0 Å². The molecule has 0 saturated heterocycles. The van der Waals surface area contributed by atoms with Crippen molar-refractivity contribution >= 4 is 46.2 Å². The third-order valence-electron chi connectivity index (χ3n) is 2.65. The molecule has 0 aliphatic carbocycles. The Morgan fingerprint density at radius 2 is 1.86 bits per heavy atom. The fraction of sp³-hybridized carbons (Fsp3) is 0. The number of benzene rings is 2. The Morgan fingerprint density at radius 3 is 2.57 bits per heavy atom. The highest BCUT2D eigenvalue weighted by Crippen LogP contribution is 2.14. The van der Waals surface area contributed by atoms with Crippen molar-refractivity contribution in [2.75, 3.05) is 5.32 Å². The topological polar surface area (TPSA) is 66.4 Å². The quantitative estimate of drug-likeness (QED) is 0.616. The van der Waals surface area contributed by atoms with Crippen molar-refractivity contribution in [2.24, 2.45) is 0 Å². The van der Waals surface area contributed by atoms with Gasteiger partial charge < -0.3 is 10.4 Å². The van der Waals surface area contributed by atoms with Crippen LogP contribution in [0.25, 0.3) is 6.08 Å². The molecule has 0 heterocycles. The number of rotatable bonds is 4. The van der Waals surface area contributed by atoms with E-state index in [0.29, 0.717) is 16.8 Å². The van der Waals surface area contributed by atoms with Crippen molar-refractivity contribution in [2.45, 2.75) is 0 Å². The van der Waals surface area contributed by atoms with E-state index in [2.05, 4.69) is 27.9 Å². The van der Waals surface area contributed by atoms with E-state index < -0.39 is 5.97 Å². The molecule has 2 aromatic rings. The van der Waals surface area contributed by atoms with E-state index in [1.165, 1.54) is 6.08 Å². The largest absolute Gasteiger partial charge is 0.478 e. The molecular weight excluding hydrogens is 381 g/mol. The highest BCUT2D eigenvalue weighted by molar-refractivity contribution is 14.1. The summed E-state index contributed by atoms with van der Waals surface area (Å²) in [5.74, 6) is -1.21. The molecule has 21 heavy (non-hydrogen) atoms. The second kappa shape index (κ2) is 7.03. The number of hydrogen-bond donors (Lipinski definition) is 2. The van der Waals surface area contributed by atoms with Crippen LogP contribution in [0.1, 0.15) is 15.9 Å². The lowest BCUT2D eigenvalue weighted by atomic mass is 10.1. The van der Waals surface area contributed by atoms with Gasteiger partial charge in [0.1, 0.15) is 0 Å². The Labute approximate surface area is 135 Å². The molecule has 2 aromatic carbocycles. The number of carbonyl (C=O) groups is 2. The number of carboxylic acids is 1. The van der Waals surface area contributed by atoms with E-state index in [1.807, 2.05) is 12.1 Å². The standard InChI is InChI=1S/C16H12INO3/c17-13-5-2-4-12(10-13)16(21)18-14-6-1-3-11(9-14)7-8-15(19)20/h1-10H,(H,18,21)(H,19,20)/b8-7+. The van der Waals surface area contributed by atoms with Crippen LogP contribution in [0.15, 0.2) is 54.6 Å². The van der Waals surface area contributed by atoms with Gasteiger partial charge in [-0.15, -0.1) is 0 Å². The summed E-state index contributed by atoms with van der Waals surface area (Å²) < 4.78 is 0.985. The monoisotopic (exact) mass is 393 g/mol. The first-order chi connectivity index (χ1) is 10.0. The van der Waals surface area contributed by atoms with Crippen molar-refractivity contribution in [3.05, 3.63) is 69.3 Å². The third-order valence-corrected chi connectivity index (χ3v) is 3.32. The number of aliphatic carboxylic acids is 1. The summed E-state index contributed by atoms with van der Waals surface area (Å²) in [4.78, 5) is 22.6. The second-order valence-corrected chi connectivity index (χ2v) is 5.51. The maximum atomic E-state index is 12.1.